The molecule has 1 spiro atoms. The second-order valence-corrected chi connectivity index (χ2v) is 6.05. The summed E-state index contributed by atoms with van der Waals surface area (Å²) < 4.78 is 5.20. The third-order valence-corrected chi connectivity index (χ3v) is 4.51. The van der Waals surface area contributed by atoms with Gasteiger partial charge in [0.1, 0.15) is 6.04 Å². The molecule has 1 aromatic carbocycles. The summed E-state index contributed by atoms with van der Waals surface area (Å²) in [5.41, 5.74) is 1.40. The van der Waals surface area contributed by atoms with Crippen molar-refractivity contribution in [2.75, 3.05) is 20.3 Å². The highest BCUT2D eigenvalue weighted by atomic mass is 16.5. The molecule has 2 fully saturated rings. The van der Waals surface area contributed by atoms with E-state index < -0.39 is 6.04 Å². The predicted molar refractivity (Wildman–Crippen MR) is 78.0 cm³/mol. The van der Waals surface area contributed by atoms with E-state index in [4.69, 9.17) is 4.74 Å². The zero-order valence-electron chi connectivity index (χ0n) is 12.4. The molecule has 2 saturated heterocycles. The lowest BCUT2D eigenvalue weighted by Crippen LogP contribution is -2.68. The minimum absolute atomic E-state index is 0.0750. The van der Waals surface area contributed by atoms with Gasteiger partial charge in [-0.3, -0.25) is 9.59 Å². The van der Waals surface area contributed by atoms with Gasteiger partial charge in [-0.15, -0.1) is 0 Å². The largest absolute Gasteiger partial charge is 0.376 e. The average molecular weight is 288 g/mol. The molecule has 0 saturated carbocycles. The fourth-order valence-corrected chi connectivity index (χ4v) is 3.03. The zero-order chi connectivity index (χ0) is 15.0. The Morgan fingerprint density at radius 1 is 1.38 bits per heavy atom. The Morgan fingerprint density at radius 2 is 2.10 bits per heavy atom. The van der Waals surface area contributed by atoms with Gasteiger partial charge in [-0.2, -0.15) is 0 Å². The molecule has 2 amide bonds. The normalized spacial score (nSPS) is 23.3. The fourth-order valence-electron chi connectivity index (χ4n) is 3.03. The summed E-state index contributed by atoms with van der Waals surface area (Å²) in [6.07, 6.45) is 1.54. The molecule has 2 aliphatic heterocycles. The van der Waals surface area contributed by atoms with Crippen molar-refractivity contribution in [3.8, 4) is 0 Å². The number of carbonyl (C=O) groups excluding carboxylic acids is 2. The molecule has 1 aromatic rings. The first kappa shape index (κ1) is 14.1. The molecule has 2 heterocycles. The third-order valence-electron chi connectivity index (χ3n) is 4.51. The molecule has 0 aliphatic carbocycles. The van der Waals surface area contributed by atoms with E-state index in [1.807, 2.05) is 25.1 Å². The van der Waals surface area contributed by atoms with Gasteiger partial charge in [-0.1, -0.05) is 18.2 Å². The molecule has 1 unspecified atom stereocenters. The smallest absolute Gasteiger partial charge is 0.254 e. The van der Waals surface area contributed by atoms with Gasteiger partial charge < -0.3 is 15.0 Å². The van der Waals surface area contributed by atoms with E-state index in [0.29, 0.717) is 25.2 Å². The molecule has 0 aromatic heterocycles. The van der Waals surface area contributed by atoms with Gasteiger partial charge in [-0.05, 0) is 31.4 Å². The van der Waals surface area contributed by atoms with Crippen LogP contribution in [0.5, 0.6) is 0 Å². The van der Waals surface area contributed by atoms with Gasteiger partial charge in [0.15, 0.2) is 0 Å². The third kappa shape index (κ3) is 2.42. The number of nitrogens with zero attached hydrogens (tertiary/aromatic N) is 1. The molecule has 5 heteroatoms. The number of carbonyl (C=O) groups is 2. The minimum atomic E-state index is -0.400. The van der Waals surface area contributed by atoms with Gasteiger partial charge in [0.2, 0.25) is 5.91 Å². The Labute approximate surface area is 124 Å². The van der Waals surface area contributed by atoms with Crippen molar-refractivity contribution in [2.24, 2.45) is 0 Å². The number of piperidine rings is 1. The first-order valence-electron chi connectivity index (χ1n) is 7.25. The molecule has 0 radical (unpaired) electrons. The van der Waals surface area contributed by atoms with E-state index in [1.54, 1.807) is 18.0 Å². The quantitative estimate of drug-likeness (QED) is 0.887. The number of ether oxygens (including phenoxy) is 1. The number of amides is 2. The van der Waals surface area contributed by atoms with Crippen LogP contribution in [0.15, 0.2) is 24.3 Å². The number of hydrogen-bond donors (Lipinski definition) is 1. The summed E-state index contributed by atoms with van der Waals surface area (Å²) in [6.45, 7) is 3.07. The van der Waals surface area contributed by atoms with Crippen molar-refractivity contribution < 1.29 is 14.3 Å². The number of aryl methyl sites for hydroxylation is 1. The summed E-state index contributed by atoms with van der Waals surface area (Å²) >= 11 is 0. The highest BCUT2D eigenvalue weighted by Crippen LogP contribution is 2.29. The van der Waals surface area contributed by atoms with Crippen LogP contribution < -0.4 is 5.32 Å². The van der Waals surface area contributed by atoms with Crippen molar-refractivity contribution in [3.05, 3.63) is 35.4 Å². The van der Waals surface area contributed by atoms with Gasteiger partial charge >= 0.3 is 0 Å². The van der Waals surface area contributed by atoms with E-state index in [9.17, 15) is 9.59 Å². The lowest BCUT2D eigenvalue weighted by atomic mass is 9.84. The standard InChI is InChI=1S/C16H20N2O3/c1-11-5-3-4-6-12(11)15(20)18(2)13-7-8-16(9-21-10-16)17-14(13)19/h3-6,13H,7-10H2,1-2H3,(H,17,19). The molecule has 5 nitrogen and oxygen atoms in total. The minimum Gasteiger partial charge on any atom is -0.376 e. The van der Waals surface area contributed by atoms with Gasteiger partial charge in [-0.25, -0.2) is 0 Å². The Bertz CT molecular complexity index is 581. The highest BCUT2D eigenvalue weighted by molar-refractivity contribution is 5.98. The van der Waals surface area contributed by atoms with Crippen molar-refractivity contribution in [3.63, 3.8) is 0 Å². The average Bonchev–Trinajstić information content (AvgIpc) is 2.44. The zero-order valence-corrected chi connectivity index (χ0v) is 12.4. The fraction of sp³-hybridized carbons (Fsp3) is 0.500. The van der Waals surface area contributed by atoms with Crippen LogP contribution in [0.1, 0.15) is 28.8 Å². The predicted octanol–water partition coefficient (Wildman–Crippen LogP) is 1.11. The van der Waals surface area contributed by atoms with E-state index in [0.717, 1.165) is 12.0 Å². The Morgan fingerprint density at radius 3 is 2.67 bits per heavy atom. The Hall–Kier alpha value is -1.88. The molecule has 1 atom stereocenters. The summed E-state index contributed by atoms with van der Waals surface area (Å²) in [5, 5.41) is 3.02. The maximum absolute atomic E-state index is 12.6. The second kappa shape index (κ2) is 5.15. The van der Waals surface area contributed by atoms with Crippen LogP contribution in [0.2, 0.25) is 0 Å². The van der Waals surface area contributed by atoms with Crippen molar-refractivity contribution in [1.82, 2.24) is 10.2 Å². The molecule has 0 bridgehead atoms. The van der Waals surface area contributed by atoms with Crippen LogP contribution in [-0.4, -0.2) is 48.6 Å². The van der Waals surface area contributed by atoms with Crippen molar-refractivity contribution in [2.45, 2.75) is 31.3 Å². The van der Waals surface area contributed by atoms with Gasteiger partial charge in [0.05, 0.1) is 18.8 Å². The number of nitrogens with one attached hydrogen (secondary N) is 1. The van der Waals surface area contributed by atoms with Crippen LogP contribution in [0, 0.1) is 6.92 Å². The van der Waals surface area contributed by atoms with E-state index >= 15 is 0 Å². The lowest BCUT2D eigenvalue weighted by molar-refractivity contribution is -0.144. The van der Waals surface area contributed by atoms with Crippen LogP contribution in [0.25, 0.3) is 0 Å². The summed E-state index contributed by atoms with van der Waals surface area (Å²) in [4.78, 5) is 26.4. The first-order valence-corrected chi connectivity index (χ1v) is 7.25. The maximum Gasteiger partial charge on any atom is 0.254 e. The Kier molecular flexibility index (Phi) is 3.45. The van der Waals surface area contributed by atoms with Crippen molar-refractivity contribution in [1.29, 1.82) is 0 Å². The van der Waals surface area contributed by atoms with Gasteiger partial charge in [0.25, 0.3) is 5.91 Å². The van der Waals surface area contributed by atoms with Gasteiger partial charge in [0, 0.05) is 12.6 Å². The first-order chi connectivity index (χ1) is 10.0. The molecule has 1 N–H and O–H groups in total. The number of hydrogen-bond acceptors (Lipinski definition) is 3. The molecule has 21 heavy (non-hydrogen) atoms. The van der Waals surface area contributed by atoms with E-state index in [1.165, 1.54) is 0 Å². The topological polar surface area (TPSA) is 58.6 Å². The molecule has 112 valence electrons. The molecule has 3 rings (SSSR count). The van der Waals surface area contributed by atoms with Crippen LogP contribution >= 0.6 is 0 Å². The summed E-state index contributed by atoms with van der Waals surface area (Å²) in [7, 11) is 1.70. The molecular weight excluding hydrogens is 268 g/mol. The second-order valence-electron chi connectivity index (χ2n) is 6.05. The SMILES string of the molecule is Cc1ccccc1C(=O)N(C)C1CCC2(COC2)NC1=O. The summed E-state index contributed by atoms with van der Waals surface area (Å²) in [5.74, 6) is -0.178. The van der Waals surface area contributed by atoms with E-state index in [2.05, 4.69) is 5.32 Å². The van der Waals surface area contributed by atoms with Crippen LogP contribution in [-0.2, 0) is 9.53 Å². The number of likely N-dealkylation sites (N-methyl/N-ethyl adjacent to an activating group) is 1. The maximum atomic E-state index is 12.6. The summed E-state index contributed by atoms with van der Waals surface area (Å²) in [6, 6.07) is 7.05. The van der Waals surface area contributed by atoms with Crippen molar-refractivity contribution >= 4 is 11.8 Å². The lowest BCUT2D eigenvalue weighted by Gasteiger charge is -2.47. The Balaban J connectivity index is 1.73. The monoisotopic (exact) mass is 288 g/mol. The molecule has 2 aliphatic rings. The number of rotatable bonds is 2. The van der Waals surface area contributed by atoms with Crippen LogP contribution in [0.3, 0.4) is 0 Å². The van der Waals surface area contributed by atoms with Crippen LogP contribution in [0.4, 0.5) is 0 Å². The molecular formula is C16H20N2O3. The van der Waals surface area contributed by atoms with E-state index in [-0.39, 0.29) is 17.4 Å². The number of benzene rings is 1. The highest BCUT2D eigenvalue weighted by Gasteiger charge is 2.46.